The molecule has 0 fully saturated rings. The lowest BCUT2D eigenvalue weighted by Crippen LogP contribution is -2.23. The fraction of sp³-hybridized carbons (Fsp3) is 0.0909. The molecule has 8 heteroatoms. The minimum atomic E-state index is -0.609. The molecule has 0 aliphatic carbocycles. The van der Waals surface area contributed by atoms with E-state index in [-0.39, 0.29) is 5.65 Å². The van der Waals surface area contributed by atoms with Crippen LogP contribution in [0.4, 0.5) is 0 Å². The molecule has 3 aromatic heterocycles. The second-order valence-electron chi connectivity index (χ2n) is 6.88. The zero-order chi connectivity index (χ0) is 20.8. The van der Waals surface area contributed by atoms with E-state index in [4.69, 9.17) is 4.74 Å². The molecule has 0 saturated heterocycles. The average Bonchev–Trinajstić information content (AvgIpc) is 3.09. The van der Waals surface area contributed by atoms with Gasteiger partial charge in [0.2, 0.25) is 0 Å². The zero-order valence-corrected chi connectivity index (χ0v) is 16.3. The van der Waals surface area contributed by atoms with Crippen LogP contribution in [0.15, 0.2) is 64.2 Å². The predicted octanol–water partition coefficient (Wildman–Crippen LogP) is 2.93. The van der Waals surface area contributed by atoms with Crippen molar-refractivity contribution in [3.63, 3.8) is 0 Å². The van der Waals surface area contributed by atoms with Gasteiger partial charge in [-0.15, -0.1) is 0 Å². The summed E-state index contributed by atoms with van der Waals surface area (Å²) in [5.74, 6) is 0.701. The molecule has 3 heterocycles. The number of ether oxygens (including phenoxy) is 1. The highest BCUT2D eigenvalue weighted by molar-refractivity contribution is 6.08. The van der Waals surface area contributed by atoms with Gasteiger partial charge >= 0.3 is 5.69 Å². The van der Waals surface area contributed by atoms with Crippen LogP contribution in [0.3, 0.4) is 0 Å². The van der Waals surface area contributed by atoms with Crippen molar-refractivity contribution in [3.8, 4) is 22.6 Å². The van der Waals surface area contributed by atoms with Crippen LogP contribution in [0.1, 0.15) is 5.69 Å². The molecule has 0 aliphatic rings. The summed E-state index contributed by atoms with van der Waals surface area (Å²) in [6, 6.07) is 17.0. The number of fused-ring (bicyclic) bond motifs is 2. The summed E-state index contributed by atoms with van der Waals surface area (Å²) in [5, 5.41) is 5.73. The lowest BCUT2D eigenvalue weighted by Gasteiger charge is -2.10. The van der Waals surface area contributed by atoms with E-state index < -0.39 is 11.2 Å². The van der Waals surface area contributed by atoms with E-state index in [1.807, 2.05) is 61.5 Å². The second-order valence-corrected chi connectivity index (χ2v) is 6.88. The number of rotatable bonds is 3. The first-order chi connectivity index (χ1) is 14.6. The van der Waals surface area contributed by atoms with Crippen LogP contribution >= 0.6 is 0 Å². The first-order valence-electron chi connectivity index (χ1n) is 9.32. The first kappa shape index (κ1) is 17.9. The van der Waals surface area contributed by atoms with Crippen molar-refractivity contribution in [2.45, 2.75) is 6.92 Å². The quantitative estimate of drug-likeness (QED) is 0.485. The van der Waals surface area contributed by atoms with Gasteiger partial charge < -0.3 is 4.74 Å². The molecular formula is C22H17N5O3. The minimum Gasteiger partial charge on any atom is -0.497 e. The monoisotopic (exact) mass is 399 g/mol. The fourth-order valence-corrected chi connectivity index (χ4v) is 3.73. The van der Waals surface area contributed by atoms with Crippen molar-refractivity contribution in [3.05, 3.63) is 81.1 Å². The third-order valence-electron chi connectivity index (χ3n) is 5.06. The molecule has 148 valence electrons. The average molecular weight is 399 g/mol. The number of benzene rings is 2. The van der Waals surface area contributed by atoms with E-state index in [1.54, 1.807) is 11.8 Å². The largest absolute Gasteiger partial charge is 0.497 e. The van der Waals surface area contributed by atoms with Gasteiger partial charge in [0, 0.05) is 5.56 Å². The summed E-state index contributed by atoms with van der Waals surface area (Å²) >= 11 is 0. The molecule has 0 atom stereocenters. The van der Waals surface area contributed by atoms with E-state index in [1.165, 1.54) is 0 Å². The number of aromatic amines is 2. The van der Waals surface area contributed by atoms with Crippen molar-refractivity contribution in [1.29, 1.82) is 0 Å². The molecule has 0 amide bonds. The van der Waals surface area contributed by atoms with Gasteiger partial charge in [0.05, 0.1) is 29.3 Å². The lowest BCUT2D eigenvalue weighted by molar-refractivity contribution is 0.415. The second kappa shape index (κ2) is 6.70. The van der Waals surface area contributed by atoms with E-state index in [9.17, 15) is 9.59 Å². The minimum absolute atomic E-state index is 0.208. The van der Waals surface area contributed by atoms with E-state index >= 15 is 0 Å². The Labute approximate surface area is 169 Å². The first-order valence-corrected chi connectivity index (χ1v) is 9.32. The predicted molar refractivity (Wildman–Crippen MR) is 114 cm³/mol. The number of methoxy groups -OCH3 is 1. The molecule has 2 N–H and O–H groups in total. The molecule has 5 rings (SSSR count). The molecule has 0 radical (unpaired) electrons. The summed E-state index contributed by atoms with van der Waals surface area (Å²) in [7, 11) is 1.60. The highest BCUT2D eigenvalue weighted by Gasteiger charge is 2.21. The number of pyridine rings is 1. The van der Waals surface area contributed by atoms with Crippen LogP contribution in [0, 0.1) is 6.92 Å². The molecule has 0 aliphatic heterocycles. The van der Waals surface area contributed by atoms with E-state index in [0.717, 1.165) is 22.3 Å². The molecule has 0 saturated carbocycles. The fourth-order valence-electron chi connectivity index (χ4n) is 3.73. The molecule has 0 bridgehead atoms. The number of hydrogen-bond donors (Lipinski definition) is 2. The topological polar surface area (TPSA) is 106 Å². The van der Waals surface area contributed by atoms with E-state index in [2.05, 4.69) is 20.1 Å². The van der Waals surface area contributed by atoms with Crippen molar-refractivity contribution in [2.75, 3.05) is 7.11 Å². The third-order valence-corrected chi connectivity index (χ3v) is 5.06. The van der Waals surface area contributed by atoms with Gasteiger partial charge in [-0.2, -0.15) is 5.10 Å². The number of aromatic nitrogens is 5. The number of nitrogens with zero attached hydrogens (tertiary/aromatic N) is 3. The van der Waals surface area contributed by atoms with Gasteiger partial charge in [-0.05, 0) is 36.8 Å². The molecule has 30 heavy (non-hydrogen) atoms. The third kappa shape index (κ3) is 2.69. The maximum atomic E-state index is 12.8. The SMILES string of the molecule is COc1ccc(-c2c3c(C)nn(-c4ccccc4)c3nc3[nH]c(=O)[nH]c(=O)c23)cc1. The Hall–Kier alpha value is -4.20. The summed E-state index contributed by atoms with van der Waals surface area (Å²) < 4.78 is 6.98. The Bertz CT molecular complexity index is 1510. The molecule has 2 aromatic carbocycles. The van der Waals surface area contributed by atoms with Gasteiger partial charge in [-0.3, -0.25) is 14.8 Å². The van der Waals surface area contributed by atoms with Crippen molar-refractivity contribution in [2.24, 2.45) is 0 Å². The molecular weight excluding hydrogens is 382 g/mol. The van der Waals surface area contributed by atoms with Gasteiger partial charge in [0.1, 0.15) is 11.4 Å². The summed E-state index contributed by atoms with van der Waals surface area (Å²) in [5.41, 5.74) is 2.66. The number of para-hydroxylation sites is 1. The van der Waals surface area contributed by atoms with Crippen LogP contribution in [-0.4, -0.2) is 31.8 Å². The highest BCUT2D eigenvalue weighted by atomic mass is 16.5. The Balaban J connectivity index is 1.97. The van der Waals surface area contributed by atoms with Gasteiger partial charge in [-0.1, -0.05) is 30.3 Å². The van der Waals surface area contributed by atoms with Crippen molar-refractivity contribution < 1.29 is 4.74 Å². The molecule has 5 aromatic rings. The van der Waals surface area contributed by atoms with Gasteiger partial charge in [0.25, 0.3) is 5.56 Å². The zero-order valence-electron chi connectivity index (χ0n) is 16.3. The maximum Gasteiger partial charge on any atom is 0.327 e. The number of hydrogen-bond acceptors (Lipinski definition) is 5. The Morgan fingerprint density at radius 3 is 2.37 bits per heavy atom. The molecule has 0 spiro atoms. The standard InChI is InChI=1S/C22H17N5O3/c1-12-16-17(13-8-10-15(30-2)11-9-13)18-19(24-22(29)25-21(18)28)23-20(16)27(26-12)14-6-4-3-5-7-14/h3-11H,1-2H3,(H2,23,24,25,28,29). The maximum absolute atomic E-state index is 12.8. The highest BCUT2D eigenvalue weighted by Crippen LogP contribution is 2.35. The Kier molecular flexibility index (Phi) is 3.99. The number of aryl methyl sites for hydroxylation is 1. The Morgan fingerprint density at radius 1 is 0.933 bits per heavy atom. The van der Waals surface area contributed by atoms with E-state index in [0.29, 0.717) is 22.3 Å². The van der Waals surface area contributed by atoms with Crippen molar-refractivity contribution >= 4 is 22.1 Å². The molecule has 8 nitrogen and oxygen atoms in total. The van der Waals surface area contributed by atoms with Gasteiger partial charge in [0.15, 0.2) is 5.65 Å². The van der Waals surface area contributed by atoms with Gasteiger partial charge in [-0.25, -0.2) is 14.5 Å². The Morgan fingerprint density at radius 2 is 1.67 bits per heavy atom. The normalized spacial score (nSPS) is 11.3. The lowest BCUT2D eigenvalue weighted by atomic mass is 9.99. The number of H-pyrrole nitrogens is 2. The van der Waals surface area contributed by atoms with Crippen LogP contribution in [0.2, 0.25) is 0 Å². The van der Waals surface area contributed by atoms with Crippen LogP contribution in [-0.2, 0) is 0 Å². The summed E-state index contributed by atoms with van der Waals surface area (Å²) in [4.78, 5) is 34.3. The van der Waals surface area contributed by atoms with Crippen LogP contribution < -0.4 is 16.0 Å². The van der Waals surface area contributed by atoms with Crippen LogP contribution in [0.5, 0.6) is 5.75 Å². The summed E-state index contributed by atoms with van der Waals surface area (Å²) in [6.45, 7) is 1.88. The number of nitrogens with one attached hydrogen (secondary N) is 2. The smallest absolute Gasteiger partial charge is 0.327 e. The van der Waals surface area contributed by atoms with Crippen LogP contribution in [0.25, 0.3) is 38.9 Å². The summed E-state index contributed by atoms with van der Waals surface area (Å²) in [6.07, 6.45) is 0. The molecule has 0 unspecified atom stereocenters. The van der Waals surface area contributed by atoms with Crippen molar-refractivity contribution in [1.82, 2.24) is 24.7 Å².